The van der Waals surface area contributed by atoms with Crippen molar-refractivity contribution in [2.45, 2.75) is 32.7 Å². The summed E-state index contributed by atoms with van der Waals surface area (Å²) in [6.45, 7) is 8.12. The van der Waals surface area contributed by atoms with Crippen molar-refractivity contribution in [1.82, 2.24) is 24.8 Å². The molecule has 6 nitrogen and oxygen atoms in total. The molecule has 0 bridgehead atoms. The second kappa shape index (κ2) is 8.10. The third-order valence-electron chi connectivity index (χ3n) is 5.26. The van der Waals surface area contributed by atoms with Crippen LogP contribution in [0.1, 0.15) is 43.1 Å². The standard InChI is InChI=1S/C22H27N5O/c1-16(2)27-20(25-19-9-6-10-23-21(19)27)17-7-5-8-18(15-17)22(28)24-11-14-26-12-3-4-13-26/h5-10,15-16H,3-4,11-14H2,1-2H3,(H,24,28). The van der Waals surface area contributed by atoms with Gasteiger partial charge in [-0.2, -0.15) is 0 Å². The summed E-state index contributed by atoms with van der Waals surface area (Å²) in [6, 6.07) is 11.8. The summed E-state index contributed by atoms with van der Waals surface area (Å²) in [5, 5.41) is 3.05. The predicted molar refractivity (Wildman–Crippen MR) is 111 cm³/mol. The number of rotatable bonds is 6. The maximum absolute atomic E-state index is 12.6. The zero-order valence-electron chi connectivity index (χ0n) is 16.6. The van der Waals surface area contributed by atoms with Gasteiger partial charge in [0.2, 0.25) is 0 Å². The smallest absolute Gasteiger partial charge is 0.251 e. The van der Waals surface area contributed by atoms with Crippen LogP contribution in [0.5, 0.6) is 0 Å². The van der Waals surface area contributed by atoms with Gasteiger partial charge in [-0.3, -0.25) is 4.79 Å². The zero-order chi connectivity index (χ0) is 19.5. The van der Waals surface area contributed by atoms with Crippen LogP contribution in [0.3, 0.4) is 0 Å². The molecule has 1 saturated heterocycles. The number of likely N-dealkylation sites (tertiary alicyclic amines) is 1. The molecule has 1 fully saturated rings. The highest BCUT2D eigenvalue weighted by atomic mass is 16.1. The molecule has 1 amide bonds. The van der Waals surface area contributed by atoms with Crippen molar-refractivity contribution in [3.8, 4) is 11.4 Å². The minimum absolute atomic E-state index is 0.0358. The largest absolute Gasteiger partial charge is 0.351 e. The number of imidazole rings is 1. The van der Waals surface area contributed by atoms with Crippen molar-refractivity contribution >= 4 is 17.1 Å². The average molecular weight is 377 g/mol. The fourth-order valence-corrected chi connectivity index (χ4v) is 3.86. The second-order valence-electron chi connectivity index (χ2n) is 7.63. The number of carbonyl (C=O) groups excluding carboxylic acids is 1. The van der Waals surface area contributed by atoms with Crippen molar-refractivity contribution in [1.29, 1.82) is 0 Å². The Morgan fingerprint density at radius 3 is 2.79 bits per heavy atom. The third kappa shape index (κ3) is 3.78. The lowest BCUT2D eigenvalue weighted by molar-refractivity contribution is 0.0950. The number of benzene rings is 1. The Morgan fingerprint density at radius 1 is 1.18 bits per heavy atom. The number of hydrogen-bond donors (Lipinski definition) is 1. The average Bonchev–Trinajstić information content (AvgIpc) is 3.35. The first-order valence-electron chi connectivity index (χ1n) is 10.1. The molecule has 4 rings (SSSR count). The summed E-state index contributed by atoms with van der Waals surface area (Å²) >= 11 is 0. The molecule has 0 saturated carbocycles. The van der Waals surface area contributed by atoms with E-state index in [-0.39, 0.29) is 11.9 Å². The second-order valence-corrected chi connectivity index (χ2v) is 7.63. The van der Waals surface area contributed by atoms with Gasteiger partial charge in [-0.15, -0.1) is 0 Å². The van der Waals surface area contributed by atoms with E-state index in [9.17, 15) is 4.79 Å². The Kier molecular flexibility index (Phi) is 5.39. The summed E-state index contributed by atoms with van der Waals surface area (Å²) in [4.78, 5) is 24.3. The molecule has 1 N–H and O–H groups in total. The Balaban J connectivity index is 1.56. The first-order valence-corrected chi connectivity index (χ1v) is 10.1. The summed E-state index contributed by atoms with van der Waals surface area (Å²) in [6.07, 6.45) is 4.32. The molecule has 1 aromatic carbocycles. The first-order chi connectivity index (χ1) is 13.6. The maximum atomic E-state index is 12.6. The number of nitrogens with zero attached hydrogens (tertiary/aromatic N) is 4. The maximum Gasteiger partial charge on any atom is 0.251 e. The van der Waals surface area contributed by atoms with Gasteiger partial charge >= 0.3 is 0 Å². The highest BCUT2D eigenvalue weighted by Gasteiger charge is 2.17. The van der Waals surface area contributed by atoms with E-state index in [4.69, 9.17) is 4.98 Å². The Labute approximate surface area is 165 Å². The van der Waals surface area contributed by atoms with Gasteiger partial charge in [0.1, 0.15) is 11.3 Å². The molecule has 0 atom stereocenters. The Hall–Kier alpha value is -2.73. The molecule has 6 heteroatoms. The van der Waals surface area contributed by atoms with Crippen LogP contribution in [0.25, 0.3) is 22.6 Å². The molecule has 28 heavy (non-hydrogen) atoms. The summed E-state index contributed by atoms with van der Waals surface area (Å²) < 4.78 is 2.12. The van der Waals surface area contributed by atoms with Crippen LogP contribution >= 0.6 is 0 Å². The monoisotopic (exact) mass is 377 g/mol. The molecule has 0 spiro atoms. The van der Waals surface area contributed by atoms with Gasteiger partial charge in [-0.25, -0.2) is 9.97 Å². The molecule has 3 heterocycles. The Morgan fingerprint density at radius 2 is 2.00 bits per heavy atom. The van der Waals surface area contributed by atoms with E-state index in [2.05, 4.69) is 33.6 Å². The third-order valence-corrected chi connectivity index (χ3v) is 5.26. The number of pyridine rings is 1. The fraction of sp³-hybridized carbons (Fsp3) is 0.409. The number of hydrogen-bond acceptors (Lipinski definition) is 4. The quantitative estimate of drug-likeness (QED) is 0.714. The van der Waals surface area contributed by atoms with Crippen LogP contribution in [-0.4, -0.2) is 51.5 Å². The number of nitrogens with one attached hydrogen (secondary N) is 1. The van der Waals surface area contributed by atoms with E-state index < -0.39 is 0 Å². The number of carbonyl (C=O) groups is 1. The predicted octanol–water partition coefficient (Wildman–Crippen LogP) is 3.50. The van der Waals surface area contributed by atoms with Gasteiger partial charge in [0.15, 0.2) is 5.65 Å². The van der Waals surface area contributed by atoms with Crippen LogP contribution in [0.2, 0.25) is 0 Å². The fourth-order valence-electron chi connectivity index (χ4n) is 3.86. The van der Waals surface area contributed by atoms with Crippen molar-refractivity contribution in [3.05, 3.63) is 48.2 Å². The zero-order valence-corrected chi connectivity index (χ0v) is 16.6. The minimum Gasteiger partial charge on any atom is -0.351 e. The number of amides is 1. The van der Waals surface area contributed by atoms with Crippen molar-refractivity contribution in [2.75, 3.05) is 26.2 Å². The Bertz CT molecular complexity index is 972. The highest BCUT2D eigenvalue weighted by Crippen LogP contribution is 2.27. The molecule has 3 aromatic rings. The molecule has 0 aliphatic carbocycles. The van der Waals surface area contributed by atoms with Gasteiger partial charge in [-0.1, -0.05) is 12.1 Å². The molecule has 0 radical (unpaired) electrons. The van der Waals surface area contributed by atoms with E-state index in [1.165, 1.54) is 12.8 Å². The summed E-state index contributed by atoms with van der Waals surface area (Å²) in [7, 11) is 0. The normalized spacial score (nSPS) is 14.8. The molecule has 146 valence electrons. The van der Waals surface area contributed by atoms with E-state index in [1.807, 2.05) is 36.4 Å². The number of fused-ring (bicyclic) bond motifs is 1. The van der Waals surface area contributed by atoms with Crippen LogP contribution in [0.4, 0.5) is 0 Å². The van der Waals surface area contributed by atoms with Gasteiger partial charge < -0.3 is 14.8 Å². The van der Waals surface area contributed by atoms with Crippen LogP contribution in [0, 0.1) is 0 Å². The lowest BCUT2D eigenvalue weighted by atomic mass is 10.1. The molecule has 0 unspecified atom stereocenters. The van der Waals surface area contributed by atoms with Gasteiger partial charge in [0.05, 0.1) is 0 Å². The van der Waals surface area contributed by atoms with Crippen LogP contribution in [-0.2, 0) is 0 Å². The van der Waals surface area contributed by atoms with E-state index in [0.717, 1.165) is 42.2 Å². The van der Waals surface area contributed by atoms with Crippen LogP contribution in [0.15, 0.2) is 42.6 Å². The molecule has 2 aromatic heterocycles. The van der Waals surface area contributed by atoms with Crippen molar-refractivity contribution in [2.24, 2.45) is 0 Å². The minimum atomic E-state index is -0.0358. The van der Waals surface area contributed by atoms with E-state index in [1.54, 1.807) is 6.20 Å². The lowest BCUT2D eigenvalue weighted by Crippen LogP contribution is -2.33. The van der Waals surface area contributed by atoms with Gasteiger partial charge in [0.25, 0.3) is 5.91 Å². The molecule has 1 aliphatic heterocycles. The van der Waals surface area contributed by atoms with Gasteiger partial charge in [-0.05, 0) is 64.0 Å². The van der Waals surface area contributed by atoms with Crippen molar-refractivity contribution in [3.63, 3.8) is 0 Å². The van der Waals surface area contributed by atoms with E-state index >= 15 is 0 Å². The summed E-state index contributed by atoms with van der Waals surface area (Å²) in [5.41, 5.74) is 3.33. The van der Waals surface area contributed by atoms with Crippen molar-refractivity contribution < 1.29 is 4.79 Å². The summed E-state index contributed by atoms with van der Waals surface area (Å²) in [5.74, 6) is 0.807. The number of aromatic nitrogens is 3. The molecule has 1 aliphatic rings. The van der Waals surface area contributed by atoms with Crippen LogP contribution < -0.4 is 5.32 Å². The molecular weight excluding hydrogens is 350 g/mol. The SMILES string of the molecule is CC(C)n1c(-c2cccc(C(=O)NCCN3CCCC3)c2)nc2cccnc21. The lowest BCUT2D eigenvalue weighted by Gasteiger charge is -2.15. The van der Waals surface area contributed by atoms with Gasteiger partial charge in [0, 0.05) is 36.5 Å². The van der Waals surface area contributed by atoms with E-state index in [0.29, 0.717) is 12.1 Å². The topological polar surface area (TPSA) is 63.1 Å². The molecular formula is C22H27N5O. The highest BCUT2D eigenvalue weighted by molar-refractivity contribution is 5.95. The first kappa shape index (κ1) is 18.6.